The molecule has 0 saturated heterocycles. The summed E-state index contributed by atoms with van der Waals surface area (Å²) in [6, 6.07) is 9.24. The summed E-state index contributed by atoms with van der Waals surface area (Å²) in [4.78, 5) is 0. The fourth-order valence-corrected chi connectivity index (χ4v) is 1.37. The molecule has 0 spiro atoms. The van der Waals surface area contributed by atoms with Crippen molar-refractivity contribution in [1.82, 2.24) is 0 Å². The van der Waals surface area contributed by atoms with Crippen molar-refractivity contribution in [2.24, 2.45) is 5.92 Å². The second-order valence-electron chi connectivity index (χ2n) is 3.92. The molecular weight excluding hydrogens is 207 g/mol. The Morgan fingerprint density at radius 2 is 2.00 bits per heavy atom. The molecule has 0 bridgehead atoms. The van der Waals surface area contributed by atoms with Crippen LogP contribution in [0.4, 0.5) is 4.39 Å². The fourth-order valence-electron chi connectivity index (χ4n) is 1.37. The zero-order valence-electron chi connectivity index (χ0n) is 9.31. The first-order chi connectivity index (χ1) is 7.63. The predicted octanol–water partition coefficient (Wildman–Crippen LogP) is 2.07. The van der Waals surface area contributed by atoms with Gasteiger partial charge in [0.05, 0.1) is 0 Å². The van der Waals surface area contributed by atoms with Crippen LogP contribution in [0.3, 0.4) is 0 Å². The van der Waals surface area contributed by atoms with Crippen molar-refractivity contribution in [3.05, 3.63) is 47.8 Å². The smallest absolute Gasteiger partial charge is 0.125 e. The Labute approximate surface area is 95.1 Å². The Bertz CT molecular complexity index is 335. The van der Waals surface area contributed by atoms with Crippen molar-refractivity contribution in [1.29, 1.82) is 0 Å². The largest absolute Gasteiger partial charge is 0.396 e. The van der Waals surface area contributed by atoms with Gasteiger partial charge in [-0.05, 0) is 11.6 Å². The molecule has 0 aliphatic rings. The van der Waals surface area contributed by atoms with E-state index in [-0.39, 0.29) is 18.9 Å². The molecule has 0 fully saturated rings. The number of rotatable bonds is 5. The van der Waals surface area contributed by atoms with Gasteiger partial charge in [0.25, 0.3) is 0 Å². The van der Waals surface area contributed by atoms with Crippen molar-refractivity contribution in [3.8, 4) is 0 Å². The minimum atomic E-state index is -1.13. The highest BCUT2D eigenvalue weighted by atomic mass is 19.1. The van der Waals surface area contributed by atoms with E-state index in [9.17, 15) is 9.50 Å². The van der Waals surface area contributed by atoms with Gasteiger partial charge in [-0.3, -0.25) is 0 Å². The lowest BCUT2D eigenvalue weighted by atomic mass is 10.0. The van der Waals surface area contributed by atoms with E-state index in [1.54, 1.807) is 6.92 Å². The van der Waals surface area contributed by atoms with E-state index in [1.165, 1.54) is 6.08 Å². The van der Waals surface area contributed by atoms with Gasteiger partial charge in [-0.25, -0.2) is 4.39 Å². The molecule has 0 saturated carbocycles. The Morgan fingerprint density at radius 1 is 1.38 bits per heavy atom. The van der Waals surface area contributed by atoms with Crippen LogP contribution >= 0.6 is 0 Å². The van der Waals surface area contributed by atoms with E-state index < -0.39 is 11.9 Å². The number of aliphatic hydroxyl groups excluding tert-OH is 2. The zero-order chi connectivity index (χ0) is 12.0. The molecule has 0 amide bonds. The number of halogens is 1. The molecule has 0 unspecified atom stereocenters. The maximum Gasteiger partial charge on any atom is 0.125 e. The number of hydrogen-bond donors (Lipinski definition) is 2. The summed E-state index contributed by atoms with van der Waals surface area (Å²) in [7, 11) is 0. The van der Waals surface area contributed by atoms with Crippen LogP contribution in [0.1, 0.15) is 12.5 Å². The summed E-state index contributed by atoms with van der Waals surface area (Å²) in [6.45, 7) is 1.57. The SMILES string of the molecule is C[C@H](/C=C(\F)[C@@H](O)Cc1ccccc1)CO. The van der Waals surface area contributed by atoms with E-state index in [4.69, 9.17) is 5.11 Å². The zero-order valence-corrected chi connectivity index (χ0v) is 9.31. The molecule has 2 atom stereocenters. The van der Waals surface area contributed by atoms with Crippen LogP contribution in [-0.4, -0.2) is 22.9 Å². The van der Waals surface area contributed by atoms with Gasteiger partial charge in [-0.1, -0.05) is 37.3 Å². The molecule has 1 aromatic carbocycles. The van der Waals surface area contributed by atoms with Crippen LogP contribution in [0.15, 0.2) is 42.2 Å². The van der Waals surface area contributed by atoms with E-state index in [1.807, 2.05) is 30.3 Å². The minimum Gasteiger partial charge on any atom is -0.396 e. The van der Waals surface area contributed by atoms with Gasteiger partial charge in [-0.15, -0.1) is 0 Å². The lowest BCUT2D eigenvalue weighted by Gasteiger charge is -2.10. The standard InChI is InChI=1S/C13H17FO2/c1-10(9-15)7-12(14)13(16)8-11-5-3-2-4-6-11/h2-7,10,13,15-16H,8-9H2,1H3/b12-7-/t10-,13+/m1/s1. The molecule has 88 valence electrons. The molecule has 0 heterocycles. The average Bonchev–Trinajstić information content (AvgIpc) is 2.30. The minimum absolute atomic E-state index is 0.120. The third kappa shape index (κ3) is 4.13. The monoisotopic (exact) mass is 224 g/mol. The molecule has 2 nitrogen and oxygen atoms in total. The Kier molecular flexibility index (Phi) is 5.15. The molecular formula is C13H17FO2. The second-order valence-corrected chi connectivity index (χ2v) is 3.92. The first kappa shape index (κ1) is 12.9. The van der Waals surface area contributed by atoms with Crippen molar-refractivity contribution in [3.63, 3.8) is 0 Å². The topological polar surface area (TPSA) is 40.5 Å². The average molecular weight is 224 g/mol. The number of aliphatic hydroxyl groups is 2. The van der Waals surface area contributed by atoms with Gasteiger partial charge in [0, 0.05) is 18.9 Å². The van der Waals surface area contributed by atoms with Crippen molar-refractivity contribution < 1.29 is 14.6 Å². The highest BCUT2D eigenvalue weighted by molar-refractivity contribution is 5.17. The third-order valence-electron chi connectivity index (χ3n) is 2.32. The van der Waals surface area contributed by atoms with Crippen LogP contribution in [0.5, 0.6) is 0 Å². The van der Waals surface area contributed by atoms with Gasteiger partial charge < -0.3 is 10.2 Å². The van der Waals surface area contributed by atoms with Crippen molar-refractivity contribution in [2.45, 2.75) is 19.4 Å². The lowest BCUT2D eigenvalue weighted by Crippen LogP contribution is -2.12. The molecule has 0 aliphatic heterocycles. The lowest BCUT2D eigenvalue weighted by molar-refractivity contribution is 0.179. The van der Waals surface area contributed by atoms with Crippen LogP contribution in [0.2, 0.25) is 0 Å². The highest BCUT2D eigenvalue weighted by Crippen LogP contribution is 2.13. The quantitative estimate of drug-likeness (QED) is 0.803. The Balaban J connectivity index is 2.58. The summed E-state index contributed by atoms with van der Waals surface area (Å²) in [5.74, 6) is -0.851. The summed E-state index contributed by atoms with van der Waals surface area (Å²) in [5, 5.41) is 18.4. The molecule has 0 aliphatic carbocycles. The van der Waals surface area contributed by atoms with E-state index in [0.29, 0.717) is 0 Å². The third-order valence-corrected chi connectivity index (χ3v) is 2.32. The number of benzene rings is 1. The molecule has 1 rings (SSSR count). The summed E-state index contributed by atoms with van der Waals surface area (Å²) >= 11 is 0. The molecule has 3 heteroatoms. The normalized spacial score (nSPS) is 15.9. The fraction of sp³-hybridized carbons (Fsp3) is 0.385. The van der Waals surface area contributed by atoms with Gasteiger partial charge in [-0.2, -0.15) is 0 Å². The molecule has 1 aromatic rings. The summed E-state index contributed by atoms with van der Waals surface area (Å²) in [5.41, 5.74) is 0.884. The van der Waals surface area contributed by atoms with Crippen LogP contribution in [0.25, 0.3) is 0 Å². The van der Waals surface area contributed by atoms with Crippen LogP contribution < -0.4 is 0 Å². The highest BCUT2D eigenvalue weighted by Gasteiger charge is 2.12. The Hall–Kier alpha value is -1.19. The Morgan fingerprint density at radius 3 is 2.56 bits per heavy atom. The maximum atomic E-state index is 13.4. The van der Waals surface area contributed by atoms with Crippen LogP contribution in [0, 0.1) is 5.92 Å². The second kappa shape index (κ2) is 6.40. The van der Waals surface area contributed by atoms with E-state index in [2.05, 4.69) is 0 Å². The van der Waals surface area contributed by atoms with Crippen molar-refractivity contribution in [2.75, 3.05) is 6.61 Å². The van der Waals surface area contributed by atoms with Gasteiger partial charge >= 0.3 is 0 Å². The first-order valence-corrected chi connectivity index (χ1v) is 5.33. The predicted molar refractivity (Wildman–Crippen MR) is 61.6 cm³/mol. The van der Waals surface area contributed by atoms with E-state index >= 15 is 0 Å². The van der Waals surface area contributed by atoms with Crippen LogP contribution in [-0.2, 0) is 6.42 Å². The van der Waals surface area contributed by atoms with Crippen molar-refractivity contribution >= 4 is 0 Å². The molecule has 2 N–H and O–H groups in total. The molecule has 0 aromatic heterocycles. The van der Waals surface area contributed by atoms with Gasteiger partial charge in [0.1, 0.15) is 11.9 Å². The van der Waals surface area contributed by atoms with Gasteiger partial charge in [0.2, 0.25) is 0 Å². The number of hydrogen-bond acceptors (Lipinski definition) is 2. The molecule has 16 heavy (non-hydrogen) atoms. The summed E-state index contributed by atoms with van der Waals surface area (Å²) < 4.78 is 13.4. The summed E-state index contributed by atoms with van der Waals surface area (Å²) in [6.07, 6.45) is 0.381. The molecule has 0 radical (unpaired) electrons. The van der Waals surface area contributed by atoms with Gasteiger partial charge in [0.15, 0.2) is 0 Å². The first-order valence-electron chi connectivity index (χ1n) is 5.33. The maximum absolute atomic E-state index is 13.4. The van der Waals surface area contributed by atoms with E-state index in [0.717, 1.165) is 5.56 Å².